The van der Waals surface area contributed by atoms with Crippen LogP contribution in [0.2, 0.25) is 0 Å². The van der Waals surface area contributed by atoms with E-state index in [-0.39, 0.29) is 12.6 Å². The number of aliphatic hydroxyl groups excluding tert-OH is 1. The standard InChI is InChI=1S/C16H22N4O2/c1-2-8-19(9-10-21)16(22)17-11-14-12-18-20(13-14)15-6-4-3-5-7-15/h3-7,12-13,21H,2,8-11H2,1H3,(H,17,22). The third-order valence-corrected chi connectivity index (χ3v) is 3.25. The monoisotopic (exact) mass is 302 g/mol. The largest absolute Gasteiger partial charge is 0.395 e. The van der Waals surface area contributed by atoms with E-state index in [0.717, 1.165) is 17.7 Å². The van der Waals surface area contributed by atoms with Gasteiger partial charge in [0.2, 0.25) is 0 Å². The molecule has 6 nitrogen and oxygen atoms in total. The summed E-state index contributed by atoms with van der Waals surface area (Å²) in [4.78, 5) is 13.7. The molecule has 1 aromatic carbocycles. The Morgan fingerprint density at radius 3 is 2.77 bits per heavy atom. The average Bonchev–Trinajstić information content (AvgIpc) is 3.02. The number of hydrogen-bond acceptors (Lipinski definition) is 3. The van der Waals surface area contributed by atoms with Gasteiger partial charge in [0, 0.05) is 31.4 Å². The van der Waals surface area contributed by atoms with E-state index in [1.807, 2.05) is 43.5 Å². The molecule has 6 heteroatoms. The Kier molecular flexibility index (Phi) is 5.97. The number of amides is 2. The lowest BCUT2D eigenvalue weighted by atomic mass is 10.3. The Morgan fingerprint density at radius 2 is 2.09 bits per heavy atom. The number of rotatable bonds is 7. The van der Waals surface area contributed by atoms with Crippen molar-refractivity contribution in [2.75, 3.05) is 19.7 Å². The molecular formula is C16H22N4O2. The van der Waals surface area contributed by atoms with E-state index in [1.54, 1.807) is 15.8 Å². The van der Waals surface area contributed by atoms with E-state index in [2.05, 4.69) is 10.4 Å². The van der Waals surface area contributed by atoms with Crippen LogP contribution in [0.1, 0.15) is 18.9 Å². The van der Waals surface area contributed by atoms with E-state index >= 15 is 0 Å². The quantitative estimate of drug-likeness (QED) is 0.819. The molecule has 1 heterocycles. The fraction of sp³-hybridized carbons (Fsp3) is 0.375. The van der Waals surface area contributed by atoms with Crippen LogP contribution in [0.15, 0.2) is 42.7 Å². The second-order valence-electron chi connectivity index (χ2n) is 5.00. The van der Waals surface area contributed by atoms with Crippen molar-refractivity contribution in [2.24, 2.45) is 0 Å². The van der Waals surface area contributed by atoms with Crippen molar-refractivity contribution in [3.8, 4) is 5.69 Å². The third kappa shape index (κ3) is 4.33. The van der Waals surface area contributed by atoms with Crippen LogP contribution >= 0.6 is 0 Å². The highest BCUT2D eigenvalue weighted by atomic mass is 16.3. The summed E-state index contributed by atoms with van der Waals surface area (Å²) in [5.41, 5.74) is 1.91. The lowest BCUT2D eigenvalue weighted by Gasteiger charge is -2.21. The smallest absolute Gasteiger partial charge is 0.317 e. The van der Waals surface area contributed by atoms with Crippen molar-refractivity contribution in [3.63, 3.8) is 0 Å². The SMILES string of the molecule is CCCN(CCO)C(=O)NCc1cnn(-c2ccccc2)c1. The van der Waals surface area contributed by atoms with Crippen molar-refractivity contribution < 1.29 is 9.90 Å². The van der Waals surface area contributed by atoms with Gasteiger partial charge in [-0.1, -0.05) is 25.1 Å². The second kappa shape index (κ2) is 8.19. The summed E-state index contributed by atoms with van der Waals surface area (Å²) < 4.78 is 1.78. The van der Waals surface area contributed by atoms with Crippen LogP contribution < -0.4 is 5.32 Å². The lowest BCUT2D eigenvalue weighted by Crippen LogP contribution is -2.41. The molecule has 2 aromatic rings. The van der Waals surface area contributed by atoms with E-state index in [4.69, 9.17) is 5.11 Å². The zero-order chi connectivity index (χ0) is 15.8. The molecule has 0 aliphatic carbocycles. The maximum atomic E-state index is 12.0. The predicted molar refractivity (Wildman–Crippen MR) is 84.7 cm³/mol. The van der Waals surface area contributed by atoms with Crippen LogP contribution in [-0.4, -0.2) is 45.5 Å². The highest BCUT2D eigenvalue weighted by Crippen LogP contribution is 2.07. The van der Waals surface area contributed by atoms with Gasteiger partial charge in [0.1, 0.15) is 0 Å². The van der Waals surface area contributed by atoms with Gasteiger partial charge < -0.3 is 15.3 Å². The van der Waals surface area contributed by atoms with Gasteiger partial charge in [-0.15, -0.1) is 0 Å². The molecule has 0 radical (unpaired) electrons. The summed E-state index contributed by atoms with van der Waals surface area (Å²) >= 11 is 0. The van der Waals surface area contributed by atoms with Crippen molar-refractivity contribution in [1.82, 2.24) is 20.0 Å². The summed E-state index contributed by atoms with van der Waals surface area (Å²) in [6.45, 7) is 3.37. The first-order valence-corrected chi connectivity index (χ1v) is 7.47. The van der Waals surface area contributed by atoms with Crippen molar-refractivity contribution in [3.05, 3.63) is 48.3 Å². The first-order valence-electron chi connectivity index (χ1n) is 7.47. The molecule has 2 N–H and O–H groups in total. The number of carbonyl (C=O) groups is 1. The van der Waals surface area contributed by atoms with Crippen LogP contribution in [0.4, 0.5) is 4.79 Å². The second-order valence-corrected chi connectivity index (χ2v) is 5.00. The topological polar surface area (TPSA) is 70.4 Å². The molecule has 1 aromatic heterocycles. The third-order valence-electron chi connectivity index (χ3n) is 3.25. The Labute approximate surface area is 130 Å². The summed E-state index contributed by atoms with van der Waals surface area (Å²) in [6, 6.07) is 9.64. The van der Waals surface area contributed by atoms with E-state index < -0.39 is 0 Å². The fourth-order valence-electron chi connectivity index (χ4n) is 2.17. The average molecular weight is 302 g/mol. The Bertz CT molecular complexity index is 577. The summed E-state index contributed by atoms with van der Waals surface area (Å²) in [5, 5.41) is 16.1. The highest BCUT2D eigenvalue weighted by molar-refractivity contribution is 5.74. The van der Waals surface area contributed by atoms with Gasteiger partial charge in [-0.25, -0.2) is 9.48 Å². The number of nitrogens with one attached hydrogen (secondary N) is 1. The van der Waals surface area contributed by atoms with E-state index in [0.29, 0.717) is 19.6 Å². The zero-order valence-electron chi connectivity index (χ0n) is 12.8. The Morgan fingerprint density at radius 1 is 1.32 bits per heavy atom. The van der Waals surface area contributed by atoms with Gasteiger partial charge in [-0.3, -0.25) is 0 Å². The van der Waals surface area contributed by atoms with Gasteiger partial charge in [0.15, 0.2) is 0 Å². The number of aromatic nitrogens is 2. The fourth-order valence-corrected chi connectivity index (χ4v) is 2.17. The molecular weight excluding hydrogens is 280 g/mol. The van der Waals surface area contributed by atoms with Gasteiger partial charge >= 0.3 is 6.03 Å². The van der Waals surface area contributed by atoms with Crippen LogP contribution in [0.3, 0.4) is 0 Å². The minimum atomic E-state index is -0.164. The number of urea groups is 1. The number of carbonyl (C=O) groups excluding carboxylic acids is 1. The Hall–Kier alpha value is -2.34. The molecule has 2 amide bonds. The summed E-state index contributed by atoms with van der Waals surface area (Å²) in [6.07, 6.45) is 4.49. The molecule has 118 valence electrons. The number of benzene rings is 1. The zero-order valence-corrected chi connectivity index (χ0v) is 12.8. The Balaban J connectivity index is 1.92. The first-order chi connectivity index (χ1) is 10.7. The van der Waals surface area contributed by atoms with E-state index in [1.165, 1.54) is 0 Å². The van der Waals surface area contributed by atoms with Crippen LogP contribution in [0.5, 0.6) is 0 Å². The maximum Gasteiger partial charge on any atom is 0.317 e. The first kappa shape index (κ1) is 16.0. The molecule has 0 spiro atoms. The molecule has 0 fully saturated rings. The van der Waals surface area contributed by atoms with Crippen LogP contribution in [0.25, 0.3) is 5.69 Å². The van der Waals surface area contributed by atoms with Gasteiger partial charge in [0.25, 0.3) is 0 Å². The van der Waals surface area contributed by atoms with Crippen molar-refractivity contribution in [2.45, 2.75) is 19.9 Å². The maximum absolute atomic E-state index is 12.0. The molecule has 0 unspecified atom stereocenters. The molecule has 0 atom stereocenters. The van der Waals surface area contributed by atoms with Crippen LogP contribution in [0, 0.1) is 0 Å². The molecule has 2 rings (SSSR count). The number of para-hydroxylation sites is 1. The number of nitrogens with zero attached hydrogens (tertiary/aromatic N) is 3. The molecule has 22 heavy (non-hydrogen) atoms. The minimum absolute atomic E-state index is 0.0284. The van der Waals surface area contributed by atoms with Gasteiger partial charge in [0.05, 0.1) is 18.5 Å². The molecule has 0 saturated heterocycles. The number of aliphatic hydroxyl groups is 1. The normalized spacial score (nSPS) is 10.5. The number of hydrogen-bond donors (Lipinski definition) is 2. The molecule has 0 saturated carbocycles. The highest BCUT2D eigenvalue weighted by Gasteiger charge is 2.11. The summed E-state index contributed by atoms with van der Waals surface area (Å²) in [7, 11) is 0. The van der Waals surface area contributed by atoms with Gasteiger partial charge in [-0.05, 0) is 18.6 Å². The van der Waals surface area contributed by atoms with Crippen LogP contribution in [-0.2, 0) is 6.54 Å². The van der Waals surface area contributed by atoms with Crippen molar-refractivity contribution >= 4 is 6.03 Å². The van der Waals surface area contributed by atoms with Crippen molar-refractivity contribution in [1.29, 1.82) is 0 Å². The van der Waals surface area contributed by atoms with E-state index in [9.17, 15) is 4.79 Å². The molecule has 0 bridgehead atoms. The molecule has 0 aliphatic rings. The van der Waals surface area contributed by atoms with Gasteiger partial charge in [-0.2, -0.15) is 5.10 Å². The predicted octanol–water partition coefficient (Wildman–Crippen LogP) is 1.79. The summed E-state index contributed by atoms with van der Waals surface area (Å²) in [5.74, 6) is 0. The minimum Gasteiger partial charge on any atom is -0.395 e. The lowest BCUT2D eigenvalue weighted by molar-refractivity contribution is 0.177. The molecule has 0 aliphatic heterocycles.